The summed E-state index contributed by atoms with van der Waals surface area (Å²) in [5.74, 6) is 0.0422. The lowest BCUT2D eigenvalue weighted by molar-refractivity contribution is -0.130. The second-order valence-electron chi connectivity index (χ2n) is 6.44. The Hall–Kier alpha value is -2.82. The minimum Gasteiger partial charge on any atom is -0.484 e. The number of rotatable bonds is 10. The largest absolute Gasteiger partial charge is 0.484 e. The molecule has 2 N–H and O–H groups in total. The Morgan fingerprint density at radius 3 is 2.11 bits per heavy atom. The molecule has 0 atom stereocenters. The molecule has 5 nitrogen and oxygen atoms in total. The topological polar surface area (TPSA) is 67.4 Å². The molecule has 5 heteroatoms. The van der Waals surface area contributed by atoms with Crippen LogP contribution >= 0.6 is 0 Å². The fourth-order valence-corrected chi connectivity index (χ4v) is 2.65. The van der Waals surface area contributed by atoms with Crippen LogP contribution in [0.2, 0.25) is 0 Å². The highest BCUT2D eigenvalue weighted by atomic mass is 16.5. The first-order valence-electron chi connectivity index (χ1n) is 9.55. The number of benzene rings is 2. The second-order valence-corrected chi connectivity index (χ2v) is 6.44. The molecule has 2 aromatic carbocycles. The van der Waals surface area contributed by atoms with E-state index in [4.69, 9.17) is 4.74 Å². The van der Waals surface area contributed by atoms with Gasteiger partial charge in [-0.15, -0.1) is 0 Å². The zero-order valence-corrected chi connectivity index (χ0v) is 15.9. The van der Waals surface area contributed by atoms with Crippen molar-refractivity contribution in [1.82, 2.24) is 10.9 Å². The summed E-state index contributed by atoms with van der Waals surface area (Å²) < 4.78 is 5.45. The van der Waals surface area contributed by atoms with E-state index in [9.17, 15) is 9.59 Å². The van der Waals surface area contributed by atoms with Crippen molar-refractivity contribution in [2.45, 2.75) is 45.4 Å². The second kappa shape index (κ2) is 11.7. The average molecular weight is 368 g/mol. The van der Waals surface area contributed by atoms with E-state index in [-0.39, 0.29) is 18.4 Å². The molecule has 0 spiro atoms. The Morgan fingerprint density at radius 1 is 0.778 bits per heavy atom. The lowest BCUT2D eigenvalue weighted by atomic mass is 10.1. The molecule has 27 heavy (non-hydrogen) atoms. The van der Waals surface area contributed by atoms with Gasteiger partial charge in [-0.2, -0.15) is 0 Å². The molecule has 0 aliphatic heterocycles. The molecule has 2 amide bonds. The molecule has 0 bridgehead atoms. The standard InChI is InChI=1S/C22H28N2O3/c1-2-3-4-5-9-12-21(25)23-24-22(26)17-27-20-15-13-19(14-16-20)18-10-7-6-8-11-18/h6-8,10-11,13-16H,2-5,9,12,17H2,1H3,(H,23,25)(H,24,26). The first-order chi connectivity index (χ1) is 13.2. The van der Waals surface area contributed by atoms with Crippen LogP contribution in [-0.2, 0) is 9.59 Å². The van der Waals surface area contributed by atoms with E-state index in [0.29, 0.717) is 12.2 Å². The Labute approximate surface area is 161 Å². The molecule has 2 aromatic rings. The third-order valence-corrected chi connectivity index (χ3v) is 4.18. The highest BCUT2D eigenvalue weighted by molar-refractivity contribution is 5.82. The lowest BCUT2D eigenvalue weighted by Gasteiger charge is -2.09. The zero-order valence-electron chi connectivity index (χ0n) is 15.9. The van der Waals surface area contributed by atoms with Crippen molar-refractivity contribution in [2.24, 2.45) is 0 Å². The maximum absolute atomic E-state index is 11.8. The van der Waals surface area contributed by atoms with Crippen LogP contribution in [0.1, 0.15) is 45.4 Å². The first-order valence-corrected chi connectivity index (χ1v) is 9.55. The molecule has 0 heterocycles. The van der Waals surface area contributed by atoms with Gasteiger partial charge in [0, 0.05) is 6.42 Å². The third kappa shape index (κ3) is 7.94. The fraction of sp³-hybridized carbons (Fsp3) is 0.364. The number of hydrazine groups is 1. The van der Waals surface area contributed by atoms with Crippen LogP contribution in [0.15, 0.2) is 54.6 Å². The van der Waals surface area contributed by atoms with Gasteiger partial charge in [0.25, 0.3) is 5.91 Å². The number of ether oxygens (including phenoxy) is 1. The summed E-state index contributed by atoms with van der Waals surface area (Å²) in [6.45, 7) is 2.00. The van der Waals surface area contributed by atoms with E-state index in [1.54, 1.807) is 0 Å². The Morgan fingerprint density at radius 2 is 1.41 bits per heavy atom. The number of hydrogen-bond acceptors (Lipinski definition) is 3. The average Bonchev–Trinajstić information content (AvgIpc) is 2.71. The van der Waals surface area contributed by atoms with Crippen molar-refractivity contribution in [3.8, 4) is 16.9 Å². The number of amides is 2. The Balaban J connectivity index is 1.64. The Bertz CT molecular complexity index is 699. The maximum Gasteiger partial charge on any atom is 0.276 e. The zero-order chi connectivity index (χ0) is 19.3. The van der Waals surface area contributed by atoms with Gasteiger partial charge >= 0.3 is 0 Å². The van der Waals surface area contributed by atoms with Crippen molar-refractivity contribution in [1.29, 1.82) is 0 Å². The molecule has 0 saturated heterocycles. The van der Waals surface area contributed by atoms with E-state index in [0.717, 1.165) is 30.4 Å². The third-order valence-electron chi connectivity index (χ3n) is 4.18. The summed E-state index contributed by atoms with van der Waals surface area (Å²) in [4.78, 5) is 23.4. The van der Waals surface area contributed by atoms with Gasteiger partial charge in [0.15, 0.2) is 6.61 Å². The van der Waals surface area contributed by atoms with Crippen molar-refractivity contribution < 1.29 is 14.3 Å². The monoisotopic (exact) mass is 368 g/mol. The van der Waals surface area contributed by atoms with Gasteiger partial charge < -0.3 is 4.74 Å². The summed E-state index contributed by atoms with van der Waals surface area (Å²) in [7, 11) is 0. The van der Waals surface area contributed by atoms with Gasteiger partial charge in [0.1, 0.15) is 5.75 Å². The van der Waals surface area contributed by atoms with Gasteiger partial charge in [0.05, 0.1) is 0 Å². The summed E-state index contributed by atoms with van der Waals surface area (Å²) in [6.07, 6.45) is 5.82. The molecule has 144 valence electrons. The van der Waals surface area contributed by atoms with Crippen LogP contribution in [0.3, 0.4) is 0 Å². The fourth-order valence-electron chi connectivity index (χ4n) is 2.65. The SMILES string of the molecule is CCCCCCCC(=O)NNC(=O)COc1ccc(-c2ccccc2)cc1. The van der Waals surface area contributed by atoms with Crippen LogP contribution in [-0.4, -0.2) is 18.4 Å². The maximum atomic E-state index is 11.8. The minimum atomic E-state index is -0.388. The van der Waals surface area contributed by atoms with E-state index in [1.807, 2.05) is 54.6 Å². The highest BCUT2D eigenvalue weighted by Crippen LogP contribution is 2.21. The van der Waals surface area contributed by atoms with E-state index < -0.39 is 0 Å². The smallest absolute Gasteiger partial charge is 0.276 e. The number of unbranched alkanes of at least 4 members (excludes halogenated alkanes) is 4. The quantitative estimate of drug-likeness (QED) is 0.487. The predicted octanol–water partition coefficient (Wildman–Crippen LogP) is 4.24. The molecular formula is C22H28N2O3. The van der Waals surface area contributed by atoms with Crippen molar-refractivity contribution in [3.63, 3.8) is 0 Å². The molecular weight excluding hydrogens is 340 g/mol. The van der Waals surface area contributed by atoms with Crippen molar-refractivity contribution >= 4 is 11.8 Å². The van der Waals surface area contributed by atoms with E-state index >= 15 is 0 Å². The molecule has 2 rings (SSSR count). The van der Waals surface area contributed by atoms with Gasteiger partial charge in [-0.25, -0.2) is 0 Å². The van der Waals surface area contributed by atoms with Crippen LogP contribution in [0.25, 0.3) is 11.1 Å². The van der Waals surface area contributed by atoms with Gasteiger partial charge in [-0.3, -0.25) is 20.4 Å². The minimum absolute atomic E-state index is 0.151. The van der Waals surface area contributed by atoms with Crippen LogP contribution in [0, 0.1) is 0 Å². The molecule has 0 fully saturated rings. The van der Waals surface area contributed by atoms with Crippen LogP contribution in [0.5, 0.6) is 5.75 Å². The number of nitrogens with one attached hydrogen (secondary N) is 2. The number of hydrogen-bond donors (Lipinski definition) is 2. The van der Waals surface area contributed by atoms with E-state index in [2.05, 4.69) is 17.8 Å². The molecule has 0 aliphatic carbocycles. The molecule has 0 aromatic heterocycles. The predicted molar refractivity (Wildman–Crippen MR) is 107 cm³/mol. The molecule has 0 radical (unpaired) electrons. The summed E-state index contributed by atoms with van der Waals surface area (Å²) in [6, 6.07) is 17.6. The summed E-state index contributed by atoms with van der Waals surface area (Å²) in [5.41, 5.74) is 7.01. The first kappa shape index (κ1) is 20.5. The van der Waals surface area contributed by atoms with Crippen LogP contribution in [0.4, 0.5) is 0 Å². The van der Waals surface area contributed by atoms with Crippen LogP contribution < -0.4 is 15.6 Å². The van der Waals surface area contributed by atoms with Crippen molar-refractivity contribution in [3.05, 3.63) is 54.6 Å². The van der Waals surface area contributed by atoms with Gasteiger partial charge in [0.2, 0.25) is 5.91 Å². The summed E-state index contributed by atoms with van der Waals surface area (Å²) in [5, 5.41) is 0. The lowest BCUT2D eigenvalue weighted by Crippen LogP contribution is -2.43. The number of carbonyl (C=O) groups is 2. The summed E-state index contributed by atoms with van der Waals surface area (Å²) >= 11 is 0. The molecule has 0 unspecified atom stereocenters. The van der Waals surface area contributed by atoms with Gasteiger partial charge in [-0.05, 0) is 29.7 Å². The normalized spacial score (nSPS) is 10.3. The number of carbonyl (C=O) groups excluding carboxylic acids is 2. The highest BCUT2D eigenvalue weighted by Gasteiger charge is 2.06. The molecule has 0 aliphatic rings. The molecule has 0 saturated carbocycles. The van der Waals surface area contributed by atoms with Crippen molar-refractivity contribution in [2.75, 3.05) is 6.61 Å². The van der Waals surface area contributed by atoms with Gasteiger partial charge in [-0.1, -0.05) is 75.1 Å². The van der Waals surface area contributed by atoms with E-state index in [1.165, 1.54) is 12.8 Å². The Kier molecular flexibility index (Phi) is 8.90.